The molecule has 0 aromatic rings. The van der Waals surface area contributed by atoms with Crippen LogP contribution < -0.4 is 0 Å². The first-order valence-electron chi connectivity index (χ1n) is 6.37. The van der Waals surface area contributed by atoms with E-state index in [1.165, 1.54) is 19.3 Å². The number of hydrogen-bond acceptors (Lipinski definition) is 3. The van der Waals surface area contributed by atoms with Gasteiger partial charge in [0.2, 0.25) is 5.91 Å². The van der Waals surface area contributed by atoms with E-state index in [9.17, 15) is 9.59 Å². The van der Waals surface area contributed by atoms with Gasteiger partial charge in [0.25, 0.3) is 0 Å². The minimum absolute atomic E-state index is 0.0880. The summed E-state index contributed by atoms with van der Waals surface area (Å²) in [4.78, 5) is 26.2. The molecular formula is C12H20N2O3. The molecule has 1 saturated heterocycles. The van der Waals surface area contributed by atoms with E-state index < -0.39 is 5.97 Å². The highest BCUT2D eigenvalue weighted by Crippen LogP contribution is 2.29. The molecule has 1 aliphatic carbocycles. The van der Waals surface area contributed by atoms with Crippen molar-refractivity contribution >= 4 is 11.9 Å². The fourth-order valence-corrected chi connectivity index (χ4v) is 2.42. The zero-order valence-electron chi connectivity index (χ0n) is 10.1. The topological polar surface area (TPSA) is 60.9 Å². The van der Waals surface area contributed by atoms with Crippen LogP contribution in [0, 0.1) is 5.92 Å². The van der Waals surface area contributed by atoms with E-state index in [1.54, 1.807) is 0 Å². The van der Waals surface area contributed by atoms with Crippen LogP contribution in [0.1, 0.15) is 25.7 Å². The van der Waals surface area contributed by atoms with Crippen LogP contribution in [-0.4, -0.2) is 59.5 Å². The highest BCUT2D eigenvalue weighted by atomic mass is 16.4. The number of carbonyl (C=O) groups is 2. The van der Waals surface area contributed by atoms with E-state index in [4.69, 9.17) is 5.11 Å². The first-order chi connectivity index (χ1) is 8.15. The Morgan fingerprint density at radius 2 is 1.76 bits per heavy atom. The number of aliphatic carboxylic acids is 1. The van der Waals surface area contributed by atoms with Crippen LogP contribution in [0.4, 0.5) is 0 Å². The van der Waals surface area contributed by atoms with Crippen molar-refractivity contribution in [3.05, 3.63) is 0 Å². The van der Waals surface area contributed by atoms with Crippen molar-refractivity contribution in [3.63, 3.8) is 0 Å². The number of amides is 1. The Bertz CT molecular complexity index is 294. The van der Waals surface area contributed by atoms with E-state index in [0.717, 1.165) is 0 Å². The van der Waals surface area contributed by atoms with Gasteiger partial charge in [0.15, 0.2) is 0 Å². The Morgan fingerprint density at radius 1 is 1.12 bits per heavy atom. The van der Waals surface area contributed by atoms with Gasteiger partial charge in [-0.2, -0.15) is 0 Å². The lowest BCUT2D eigenvalue weighted by Gasteiger charge is -2.35. The van der Waals surface area contributed by atoms with Crippen LogP contribution in [0.25, 0.3) is 0 Å². The van der Waals surface area contributed by atoms with Gasteiger partial charge in [0.1, 0.15) is 0 Å². The summed E-state index contributed by atoms with van der Waals surface area (Å²) in [5.74, 6) is 0.0727. The van der Waals surface area contributed by atoms with Gasteiger partial charge >= 0.3 is 5.97 Å². The molecule has 0 radical (unpaired) electrons. The maximum atomic E-state index is 11.9. The van der Waals surface area contributed by atoms with Crippen LogP contribution in [0.5, 0.6) is 0 Å². The monoisotopic (exact) mass is 240 g/mol. The standard InChI is InChI=1S/C12H20N2O3/c15-11(8-10-2-1-3-10)14-6-4-13(5-7-14)9-12(16)17/h10H,1-9H2,(H,16,17). The van der Waals surface area contributed by atoms with Gasteiger partial charge < -0.3 is 10.0 Å². The number of piperazine rings is 1. The summed E-state index contributed by atoms with van der Waals surface area (Å²) in [7, 11) is 0. The molecule has 1 saturated carbocycles. The molecule has 1 aliphatic heterocycles. The van der Waals surface area contributed by atoms with Crippen molar-refractivity contribution in [1.82, 2.24) is 9.80 Å². The largest absolute Gasteiger partial charge is 0.480 e. The summed E-state index contributed by atoms with van der Waals surface area (Å²) in [6.07, 6.45) is 4.36. The van der Waals surface area contributed by atoms with Crippen LogP contribution in [0.3, 0.4) is 0 Å². The van der Waals surface area contributed by atoms with Gasteiger partial charge in [-0.05, 0) is 18.8 Å². The van der Waals surface area contributed by atoms with Crippen LogP contribution in [-0.2, 0) is 9.59 Å². The van der Waals surface area contributed by atoms with Crippen molar-refractivity contribution in [3.8, 4) is 0 Å². The molecule has 0 spiro atoms. The second kappa shape index (κ2) is 5.49. The minimum atomic E-state index is -0.792. The third kappa shape index (κ3) is 3.43. The number of carboxylic acids is 1. The number of nitrogens with zero attached hydrogens (tertiary/aromatic N) is 2. The first kappa shape index (κ1) is 12.4. The molecule has 2 rings (SSSR count). The summed E-state index contributed by atoms with van der Waals surface area (Å²) in [6.45, 7) is 2.81. The van der Waals surface area contributed by atoms with Gasteiger partial charge in [-0.1, -0.05) is 6.42 Å². The van der Waals surface area contributed by atoms with E-state index in [-0.39, 0.29) is 12.5 Å². The van der Waals surface area contributed by atoms with Crippen molar-refractivity contribution in [2.45, 2.75) is 25.7 Å². The van der Waals surface area contributed by atoms with E-state index >= 15 is 0 Å². The summed E-state index contributed by atoms with van der Waals surface area (Å²) < 4.78 is 0. The van der Waals surface area contributed by atoms with Crippen molar-refractivity contribution in [2.24, 2.45) is 5.92 Å². The molecule has 2 aliphatic rings. The fourth-order valence-electron chi connectivity index (χ4n) is 2.42. The highest BCUT2D eigenvalue weighted by Gasteiger charge is 2.26. The number of carbonyl (C=O) groups excluding carboxylic acids is 1. The lowest BCUT2D eigenvalue weighted by molar-refractivity contribution is -0.139. The van der Waals surface area contributed by atoms with Gasteiger partial charge in [-0.25, -0.2) is 0 Å². The maximum absolute atomic E-state index is 11.9. The Hall–Kier alpha value is -1.10. The van der Waals surface area contributed by atoms with Gasteiger partial charge in [-0.3, -0.25) is 14.5 Å². The predicted molar refractivity (Wildman–Crippen MR) is 62.6 cm³/mol. The minimum Gasteiger partial charge on any atom is -0.480 e. The summed E-state index contributed by atoms with van der Waals surface area (Å²) in [5.41, 5.74) is 0. The molecule has 0 aromatic carbocycles. The highest BCUT2D eigenvalue weighted by molar-refractivity contribution is 5.76. The second-order valence-corrected chi connectivity index (χ2v) is 5.05. The molecule has 1 heterocycles. The normalized spacial score (nSPS) is 22.2. The number of rotatable bonds is 4. The maximum Gasteiger partial charge on any atom is 0.317 e. The molecule has 2 fully saturated rings. The first-order valence-corrected chi connectivity index (χ1v) is 6.37. The Labute approximate surface area is 101 Å². The molecule has 1 N–H and O–H groups in total. The molecule has 96 valence electrons. The lowest BCUT2D eigenvalue weighted by Crippen LogP contribution is -2.50. The summed E-state index contributed by atoms with van der Waals surface area (Å²) in [6, 6.07) is 0. The predicted octanol–water partition coefficient (Wildman–Crippen LogP) is 0.405. The summed E-state index contributed by atoms with van der Waals surface area (Å²) >= 11 is 0. The molecule has 5 nitrogen and oxygen atoms in total. The molecule has 5 heteroatoms. The average Bonchev–Trinajstić information content (AvgIpc) is 2.23. The molecule has 0 aromatic heterocycles. The molecule has 0 bridgehead atoms. The Balaban J connectivity index is 1.70. The van der Waals surface area contributed by atoms with Crippen molar-refractivity contribution in [1.29, 1.82) is 0 Å². The Morgan fingerprint density at radius 3 is 2.24 bits per heavy atom. The third-order valence-corrected chi connectivity index (χ3v) is 3.77. The SMILES string of the molecule is O=C(O)CN1CCN(C(=O)CC2CCC2)CC1. The molecule has 17 heavy (non-hydrogen) atoms. The average molecular weight is 240 g/mol. The third-order valence-electron chi connectivity index (χ3n) is 3.77. The Kier molecular flexibility index (Phi) is 3.99. The molecule has 1 amide bonds. The summed E-state index contributed by atoms with van der Waals surface area (Å²) in [5, 5.41) is 8.68. The quantitative estimate of drug-likeness (QED) is 0.773. The van der Waals surface area contributed by atoms with Gasteiger partial charge in [0, 0.05) is 32.6 Å². The fraction of sp³-hybridized carbons (Fsp3) is 0.833. The van der Waals surface area contributed by atoms with Gasteiger partial charge in [-0.15, -0.1) is 0 Å². The van der Waals surface area contributed by atoms with Crippen molar-refractivity contribution < 1.29 is 14.7 Å². The van der Waals surface area contributed by atoms with Crippen molar-refractivity contribution in [2.75, 3.05) is 32.7 Å². The zero-order chi connectivity index (χ0) is 12.3. The van der Waals surface area contributed by atoms with E-state index in [1.807, 2.05) is 9.80 Å². The van der Waals surface area contributed by atoms with E-state index in [2.05, 4.69) is 0 Å². The lowest BCUT2D eigenvalue weighted by atomic mass is 9.82. The second-order valence-electron chi connectivity index (χ2n) is 5.05. The molecule has 0 unspecified atom stereocenters. The van der Waals surface area contributed by atoms with Crippen LogP contribution in [0.2, 0.25) is 0 Å². The number of carboxylic acid groups (broad SMARTS) is 1. The van der Waals surface area contributed by atoms with Gasteiger partial charge in [0.05, 0.1) is 6.54 Å². The zero-order valence-corrected chi connectivity index (χ0v) is 10.1. The van der Waals surface area contributed by atoms with E-state index in [0.29, 0.717) is 38.5 Å². The molecular weight excluding hydrogens is 220 g/mol. The van der Waals surface area contributed by atoms with Crippen LogP contribution in [0.15, 0.2) is 0 Å². The molecule has 0 atom stereocenters. The van der Waals surface area contributed by atoms with Crippen LogP contribution >= 0.6 is 0 Å². The number of hydrogen-bond donors (Lipinski definition) is 1. The smallest absolute Gasteiger partial charge is 0.317 e.